The maximum Gasteiger partial charge on any atom is 0.161 e. The highest BCUT2D eigenvalue weighted by molar-refractivity contribution is 6.30. The maximum atomic E-state index is 13.5. The number of aromatic nitrogens is 1. The van der Waals surface area contributed by atoms with Crippen molar-refractivity contribution in [1.82, 2.24) is 4.98 Å². The number of ketones is 1. The molecular weight excluding hydrogens is 484 g/mol. The third-order valence-corrected chi connectivity index (χ3v) is 7.31. The first-order valence-electron chi connectivity index (χ1n) is 12.2. The van der Waals surface area contributed by atoms with Gasteiger partial charge in [0.2, 0.25) is 0 Å². The number of nitriles is 1. The monoisotopic (exact) mass is 510 g/mol. The number of allylic oxidation sites excluding steroid dienone is 3. The van der Waals surface area contributed by atoms with Gasteiger partial charge in [0.15, 0.2) is 5.78 Å². The van der Waals surface area contributed by atoms with Crippen LogP contribution in [0, 0.1) is 25.2 Å². The Labute approximate surface area is 221 Å². The van der Waals surface area contributed by atoms with Gasteiger partial charge in [-0.3, -0.25) is 14.7 Å². The molecule has 0 saturated carbocycles. The SMILES string of the molecule is Cc1cc(C)c(C2C(C#N)=C(N)N(c3cccnc3)C3=C2C(=O)CCC3)cc1COc1ccc(Cl)cc1. The Kier molecular flexibility index (Phi) is 6.73. The van der Waals surface area contributed by atoms with Crippen LogP contribution in [0.2, 0.25) is 5.02 Å². The normalized spacial score (nSPS) is 17.5. The van der Waals surface area contributed by atoms with Crippen LogP contribution >= 0.6 is 11.6 Å². The smallest absolute Gasteiger partial charge is 0.161 e. The highest BCUT2D eigenvalue weighted by atomic mass is 35.5. The summed E-state index contributed by atoms with van der Waals surface area (Å²) in [5, 5.41) is 11.0. The van der Waals surface area contributed by atoms with E-state index in [4.69, 9.17) is 22.1 Å². The average Bonchev–Trinajstić information content (AvgIpc) is 2.89. The van der Waals surface area contributed by atoms with Crippen LogP contribution in [0.15, 0.2) is 83.6 Å². The van der Waals surface area contributed by atoms with Crippen molar-refractivity contribution < 1.29 is 9.53 Å². The van der Waals surface area contributed by atoms with E-state index in [2.05, 4.69) is 23.2 Å². The van der Waals surface area contributed by atoms with Crippen LogP contribution in [0.4, 0.5) is 5.69 Å². The molecule has 2 aliphatic rings. The summed E-state index contributed by atoms with van der Waals surface area (Å²) in [5.41, 5.74) is 13.2. The van der Waals surface area contributed by atoms with Crippen molar-refractivity contribution in [3.8, 4) is 11.8 Å². The largest absolute Gasteiger partial charge is 0.489 e. The van der Waals surface area contributed by atoms with Gasteiger partial charge in [0.25, 0.3) is 0 Å². The second-order valence-corrected chi connectivity index (χ2v) is 9.84. The number of rotatable bonds is 5. The lowest BCUT2D eigenvalue weighted by atomic mass is 9.74. The summed E-state index contributed by atoms with van der Waals surface area (Å²) >= 11 is 6.00. The molecule has 7 heteroatoms. The Bertz CT molecular complexity index is 1470. The Hall–Kier alpha value is -4.08. The zero-order chi connectivity index (χ0) is 26.1. The Morgan fingerprint density at radius 1 is 1.16 bits per heavy atom. The summed E-state index contributed by atoms with van der Waals surface area (Å²) in [6.45, 7) is 4.39. The van der Waals surface area contributed by atoms with E-state index in [1.54, 1.807) is 24.5 Å². The van der Waals surface area contributed by atoms with Crippen LogP contribution in [0.25, 0.3) is 0 Å². The molecule has 2 N–H and O–H groups in total. The molecule has 1 atom stereocenters. The lowest BCUT2D eigenvalue weighted by Gasteiger charge is -2.40. The minimum atomic E-state index is -0.532. The third kappa shape index (κ3) is 4.59. The fourth-order valence-corrected chi connectivity index (χ4v) is 5.38. The molecule has 0 fully saturated rings. The number of nitrogens with two attached hydrogens (primary N) is 1. The average molecular weight is 511 g/mol. The number of nitrogens with zero attached hydrogens (tertiary/aromatic N) is 3. The molecule has 3 aromatic rings. The zero-order valence-corrected chi connectivity index (χ0v) is 21.5. The predicted molar refractivity (Wildman–Crippen MR) is 144 cm³/mol. The first-order chi connectivity index (χ1) is 17.9. The molecule has 0 radical (unpaired) electrons. The Morgan fingerprint density at radius 3 is 2.65 bits per heavy atom. The molecule has 2 heterocycles. The number of carbonyl (C=O) groups is 1. The van der Waals surface area contributed by atoms with E-state index < -0.39 is 5.92 Å². The van der Waals surface area contributed by atoms with Gasteiger partial charge in [0, 0.05) is 28.9 Å². The van der Waals surface area contributed by atoms with Crippen molar-refractivity contribution in [2.75, 3.05) is 4.90 Å². The molecule has 0 amide bonds. The molecule has 2 aromatic carbocycles. The van der Waals surface area contributed by atoms with Gasteiger partial charge in [-0.2, -0.15) is 5.26 Å². The molecule has 6 nitrogen and oxygen atoms in total. The summed E-state index contributed by atoms with van der Waals surface area (Å²) in [4.78, 5) is 19.5. The van der Waals surface area contributed by atoms with Gasteiger partial charge in [-0.25, -0.2) is 0 Å². The molecule has 1 aromatic heterocycles. The highest BCUT2D eigenvalue weighted by Crippen LogP contribution is 2.47. The van der Waals surface area contributed by atoms with Crippen molar-refractivity contribution in [1.29, 1.82) is 5.26 Å². The van der Waals surface area contributed by atoms with Gasteiger partial charge in [0.05, 0.1) is 29.4 Å². The van der Waals surface area contributed by atoms with Crippen LogP contribution in [0.3, 0.4) is 0 Å². The molecule has 0 bridgehead atoms. The van der Waals surface area contributed by atoms with Crippen LogP contribution in [-0.2, 0) is 11.4 Å². The van der Waals surface area contributed by atoms with E-state index in [1.165, 1.54) is 0 Å². The summed E-state index contributed by atoms with van der Waals surface area (Å²) in [6, 6.07) is 17.4. The van der Waals surface area contributed by atoms with Crippen LogP contribution in [0.5, 0.6) is 5.75 Å². The summed E-state index contributed by atoms with van der Waals surface area (Å²) in [6.07, 6.45) is 5.28. The number of hydrogen-bond acceptors (Lipinski definition) is 6. The second-order valence-electron chi connectivity index (χ2n) is 9.41. The molecule has 1 aliphatic carbocycles. The molecule has 186 valence electrons. The van der Waals surface area contributed by atoms with Gasteiger partial charge < -0.3 is 10.5 Å². The number of benzene rings is 2. The van der Waals surface area contributed by atoms with E-state index in [1.807, 2.05) is 43.0 Å². The molecule has 0 spiro atoms. The molecule has 37 heavy (non-hydrogen) atoms. The number of halogens is 1. The van der Waals surface area contributed by atoms with Crippen molar-refractivity contribution in [3.05, 3.63) is 111 Å². The zero-order valence-electron chi connectivity index (χ0n) is 20.8. The fourth-order valence-electron chi connectivity index (χ4n) is 5.25. The van der Waals surface area contributed by atoms with Crippen LogP contribution < -0.4 is 15.4 Å². The highest BCUT2D eigenvalue weighted by Gasteiger charge is 2.41. The van der Waals surface area contributed by atoms with Crippen molar-refractivity contribution in [2.24, 2.45) is 5.73 Å². The number of anilines is 1. The van der Waals surface area contributed by atoms with Crippen LogP contribution in [-0.4, -0.2) is 10.8 Å². The molecule has 1 aliphatic heterocycles. The minimum Gasteiger partial charge on any atom is -0.489 e. The second kappa shape index (κ2) is 10.1. The Morgan fingerprint density at radius 2 is 1.95 bits per heavy atom. The van der Waals surface area contributed by atoms with Gasteiger partial charge >= 0.3 is 0 Å². The van der Waals surface area contributed by atoms with Crippen molar-refractivity contribution in [3.63, 3.8) is 0 Å². The van der Waals surface area contributed by atoms with Crippen molar-refractivity contribution in [2.45, 2.75) is 45.6 Å². The first-order valence-corrected chi connectivity index (χ1v) is 12.6. The number of aryl methyl sites for hydroxylation is 2. The summed E-state index contributed by atoms with van der Waals surface area (Å²) in [7, 11) is 0. The number of pyridine rings is 1. The topological polar surface area (TPSA) is 92.2 Å². The van der Waals surface area contributed by atoms with E-state index >= 15 is 0 Å². The molecule has 0 saturated heterocycles. The fraction of sp³-hybridized carbons (Fsp3) is 0.233. The van der Waals surface area contributed by atoms with Crippen molar-refractivity contribution >= 4 is 23.1 Å². The van der Waals surface area contributed by atoms with E-state index in [0.717, 1.165) is 40.1 Å². The molecule has 1 unspecified atom stereocenters. The van der Waals surface area contributed by atoms with Crippen LogP contribution in [0.1, 0.15) is 47.4 Å². The quantitative estimate of drug-likeness (QED) is 0.437. The lowest BCUT2D eigenvalue weighted by molar-refractivity contribution is -0.116. The number of hydrogen-bond donors (Lipinski definition) is 1. The number of ether oxygens (including phenoxy) is 1. The summed E-state index contributed by atoms with van der Waals surface area (Å²) < 4.78 is 6.03. The molecular formula is C30H27ClN4O2. The number of Topliss-reactive ketones (excluding diaryl/α,β-unsaturated/α-hetero) is 1. The summed E-state index contributed by atoms with van der Waals surface area (Å²) in [5.74, 6) is 0.577. The predicted octanol–water partition coefficient (Wildman–Crippen LogP) is 6.24. The van der Waals surface area contributed by atoms with Gasteiger partial charge in [-0.15, -0.1) is 0 Å². The standard InChI is InChI=1S/C30H27ClN4O2/c1-18-13-19(2)24(14-20(18)17-37-23-10-8-21(31)9-11-23)28-25(15-32)30(33)35(22-5-4-12-34-16-22)26-6-3-7-27(36)29(26)28/h4-5,8-14,16,28H,3,6-7,17,33H2,1-2H3. The van der Waals surface area contributed by atoms with Gasteiger partial charge in [-0.1, -0.05) is 23.7 Å². The molecule has 5 rings (SSSR count). The van der Waals surface area contributed by atoms with Gasteiger partial charge in [-0.05, 0) is 85.3 Å². The lowest BCUT2D eigenvalue weighted by Crippen LogP contribution is -2.39. The maximum absolute atomic E-state index is 13.5. The first kappa shape index (κ1) is 24.6. The number of carbonyl (C=O) groups excluding carboxylic acids is 1. The van der Waals surface area contributed by atoms with Gasteiger partial charge in [0.1, 0.15) is 18.2 Å². The minimum absolute atomic E-state index is 0.0549. The van der Waals surface area contributed by atoms with E-state index in [-0.39, 0.29) is 5.78 Å². The Balaban J connectivity index is 1.61. The third-order valence-electron chi connectivity index (χ3n) is 7.06. The van der Waals surface area contributed by atoms with E-state index in [0.29, 0.717) is 47.2 Å². The van der Waals surface area contributed by atoms with E-state index in [9.17, 15) is 10.1 Å².